The molecule has 1 aromatic rings. The lowest BCUT2D eigenvalue weighted by molar-refractivity contribution is -0.142. The number of alkyl carbamates (subject to hydrolysis) is 1. The Balaban J connectivity index is 2.09. The fraction of sp³-hybridized carbons (Fsp3) is 0.647. The maximum absolute atomic E-state index is 12.1. The molecule has 1 aliphatic rings. The summed E-state index contributed by atoms with van der Waals surface area (Å²) in [7, 11) is 1.32. The first-order chi connectivity index (χ1) is 12.6. The minimum Gasteiger partial charge on any atom is -0.468 e. The maximum Gasteiger partial charge on any atom is 0.407 e. The van der Waals surface area contributed by atoms with E-state index in [0.29, 0.717) is 13.0 Å². The highest BCUT2D eigenvalue weighted by Gasteiger charge is 2.35. The number of aromatic nitrogens is 2. The number of ether oxygens (including phenoxy) is 2. The maximum atomic E-state index is 12.1. The summed E-state index contributed by atoms with van der Waals surface area (Å²) in [6.45, 7) is 6.12. The molecule has 1 amide bonds. The number of carbonyl (C=O) groups excluding carboxylic acids is 2. The molecule has 1 aromatic heterocycles. The van der Waals surface area contributed by atoms with Crippen molar-refractivity contribution < 1.29 is 19.1 Å². The molecule has 10 nitrogen and oxygen atoms in total. The number of nitrogens with one attached hydrogen (secondary N) is 1. The van der Waals surface area contributed by atoms with Crippen molar-refractivity contribution in [1.29, 1.82) is 0 Å². The van der Waals surface area contributed by atoms with E-state index in [-0.39, 0.29) is 37.0 Å². The van der Waals surface area contributed by atoms with Crippen molar-refractivity contribution >= 4 is 17.9 Å². The van der Waals surface area contributed by atoms with Gasteiger partial charge < -0.3 is 20.5 Å². The van der Waals surface area contributed by atoms with E-state index >= 15 is 0 Å². The van der Waals surface area contributed by atoms with E-state index in [1.165, 1.54) is 11.7 Å². The topological polar surface area (TPSA) is 129 Å². The quantitative estimate of drug-likeness (QED) is 0.689. The first kappa shape index (κ1) is 20.7. The number of rotatable bonds is 5. The lowest BCUT2D eigenvalue weighted by atomic mass is 10.1. The summed E-state index contributed by atoms with van der Waals surface area (Å²) >= 11 is 0. The van der Waals surface area contributed by atoms with Crippen LogP contribution in [-0.4, -0.2) is 64.9 Å². The Kier molecular flexibility index (Phi) is 6.42. The molecule has 10 heteroatoms. The Hall–Kier alpha value is -2.62. The van der Waals surface area contributed by atoms with Crippen LogP contribution in [0.4, 0.5) is 10.6 Å². The first-order valence-electron chi connectivity index (χ1n) is 8.71. The van der Waals surface area contributed by atoms with Crippen molar-refractivity contribution in [2.24, 2.45) is 0 Å². The van der Waals surface area contributed by atoms with E-state index in [1.54, 1.807) is 33.0 Å². The minimum absolute atomic E-state index is 0.0603. The van der Waals surface area contributed by atoms with Crippen molar-refractivity contribution in [3.63, 3.8) is 0 Å². The average Bonchev–Trinajstić information content (AvgIpc) is 2.93. The molecule has 3 N–H and O–H groups in total. The monoisotopic (exact) mass is 381 g/mol. The Labute approximate surface area is 157 Å². The molecule has 0 saturated carbocycles. The smallest absolute Gasteiger partial charge is 0.407 e. The number of anilines is 1. The zero-order chi connectivity index (χ0) is 20.2. The van der Waals surface area contributed by atoms with Gasteiger partial charge in [-0.2, -0.15) is 4.98 Å². The highest BCUT2D eigenvalue weighted by molar-refractivity contribution is 5.71. The van der Waals surface area contributed by atoms with Gasteiger partial charge in [0.15, 0.2) is 0 Å². The summed E-state index contributed by atoms with van der Waals surface area (Å²) in [6, 6.07) is 1.20. The molecule has 0 bridgehead atoms. The molecule has 0 aliphatic carbocycles. The van der Waals surface area contributed by atoms with Crippen molar-refractivity contribution in [1.82, 2.24) is 19.8 Å². The molecule has 0 spiro atoms. The fourth-order valence-electron chi connectivity index (χ4n) is 3.01. The summed E-state index contributed by atoms with van der Waals surface area (Å²) in [5.41, 5.74) is 4.49. The molecule has 1 fully saturated rings. The van der Waals surface area contributed by atoms with Gasteiger partial charge in [-0.3, -0.25) is 14.3 Å². The van der Waals surface area contributed by atoms with Crippen LogP contribution in [0.3, 0.4) is 0 Å². The van der Waals surface area contributed by atoms with Crippen molar-refractivity contribution in [3.05, 3.63) is 22.7 Å². The third-order valence-corrected chi connectivity index (χ3v) is 4.19. The molecule has 2 heterocycles. The van der Waals surface area contributed by atoms with E-state index in [0.717, 1.165) is 0 Å². The molecular weight excluding hydrogens is 354 g/mol. The second kappa shape index (κ2) is 8.38. The first-order valence-corrected chi connectivity index (χ1v) is 8.71. The standard InChI is InChI=1S/C17H27N5O5/c1-17(2,3)27-16(25)19-8-11-7-12(9-21(11)10-14(23)26-4)22-6-5-13(18)20-15(22)24/h5-6,11-12H,7-10H2,1-4H3,(H,19,25)(H2,18,20,24)/t11-,12-/m1/s1. The number of likely N-dealkylation sites (tertiary alicyclic amines) is 1. The zero-order valence-electron chi connectivity index (χ0n) is 16.1. The minimum atomic E-state index is -0.600. The molecule has 0 aromatic carbocycles. The van der Waals surface area contributed by atoms with Crippen molar-refractivity contribution in [2.45, 2.75) is 44.9 Å². The molecule has 2 rings (SSSR count). The van der Waals surface area contributed by atoms with Gasteiger partial charge in [-0.05, 0) is 33.3 Å². The second-order valence-corrected chi connectivity index (χ2v) is 7.47. The third-order valence-electron chi connectivity index (χ3n) is 4.19. The van der Waals surface area contributed by atoms with Crippen LogP contribution in [0.1, 0.15) is 33.2 Å². The molecule has 1 saturated heterocycles. The predicted molar refractivity (Wildman–Crippen MR) is 98.2 cm³/mol. The number of hydrogen-bond acceptors (Lipinski definition) is 8. The average molecular weight is 381 g/mol. The van der Waals surface area contributed by atoms with Gasteiger partial charge in [0.1, 0.15) is 11.4 Å². The van der Waals surface area contributed by atoms with Crippen LogP contribution in [0.25, 0.3) is 0 Å². The van der Waals surface area contributed by atoms with Crippen LogP contribution >= 0.6 is 0 Å². The second-order valence-electron chi connectivity index (χ2n) is 7.47. The van der Waals surface area contributed by atoms with E-state index < -0.39 is 17.4 Å². The predicted octanol–water partition coefficient (Wildman–Crippen LogP) is 0.139. The number of esters is 1. The van der Waals surface area contributed by atoms with E-state index in [1.807, 2.05) is 4.90 Å². The Morgan fingerprint density at radius 3 is 2.70 bits per heavy atom. The van der Waals surface area contributed by atoms with Crippen LogP contribution in [0.15, 0.2) is 17.1 Å². The van der Waals surface area contributed by atoms with Gasteiger partial charge in [0.25, 0.3) is 0 Å². The van der Waals surface area contributed by atoms with Gasteiger partial charge in [0.05, 0.1) is 19.7 Å². The summed E-state index contributed by atoms with van der Waals surface area (Å²) in [5, 5.41) is 2.72. The van der Waals surface area contributed by atoms with Gasteiger partial charge in [-0.15, -0.1) is 0 Å². The number of nitrogens with two attached hydrogens (primary N) is 1. The lowest BCUT2D eigenvalue weighted by Crippen LogP contribution is -2.43. The number of hydrogen-bond donors (Lipinski definition) is 2. The normalized spacial score (nSPS) is 20.3. The third kappa shape index (κ3) is 5.95. The number of methoxy groups -OCH3 is 1. The van der Waals surface area contributed by atoms with Crippen molar-refractivity contribution in [3.8, 4) is 0 Å². The van der Waals surface area contributed by atoms with Crippen LogP contribution in [-0.2, 0) is 14.3 Å². The van der Waals surface area contributed by atoms with Gasteiger partial charge >= 0.3 is 17.8 Å². The molecular formula is C17H27N5O5. The molecule has 0 unspecified atom stereocenters. The Morgan fingerprint density at radius 1 is 1.41 bits per heavy atom. The number of carbonyl (C=O) groups is 2. The van der Waals surface area contributed by atoms with Gasteiger partial charge in [0, 0.05) is 25.3 Å². The van der Waals surface area contributed by atoms with E-state index in [9.17, 15) is 14.4 Å². The summed E-state index contributed by atoms with van der Waals surface area (Å²) in [5.74, 6) is -0.232. The zero-order valence-corrected chi connectivity index (χ0v) is 16.1. The fourth-order valence-corrected chi connectivity index (χ4v) is 3.01. The van der Waals surface area contributed by atoms with Gasteiger partial charge in [-0.1, -0.05) is 0 Å². The number of nitrogen functional groups attached to an aromatic ring is 1. The lowest BCUT2D eigenvalue weighted by Gasteiger charge is -2.24. The molecule has 2 atom stereocenters. The molecule has 1 aliphatic heterocycles. The van der Waals surface area contributed by atoms with Gasteiger partial charge in [-0.25, -0.2) is 9.59 Å². The highest BCUT2D eigenvalue weighted by Crippen LogP contribution is 2.26. The SMILES string of the molecule is COC(=O)CN1C[C@H](n2ccc(N)nc2=O)C[C@@H]1CNC(=O)OC(C)(C)C. The molecule has 27 heavy (non-hydrogen) atoms. The van der Waals surface area contributed by atoms with Crippen LogP contribution in [0.5, 0.6) is 0 Å². The van der Waals surface area contributed by atoms with E-state index in [4.69, 9.17) is 15.2 Å². The molecule has 0 radical (unpaired) electrons. The summed E-state index contributed by atoms with van der Waals surface area (Å²) in [4.78, 5) is 41.4. The highest BCUT2D eigenvalue weighted by atomic mass is 16.6. The Morgan fingerprint density at radius 2 is 2.11 bits per heavy atom. The van der Waals surface area contributed by atoms with Crippen LogP contribution in [0.2, 0.25) is 0 Å². The van der Waals surface area contributed by atoms with Crippen molar-refractivity contribution in [2.75, 3.05) is 32.5 Å². The summed E-state index contributed by atoms with van der Waals surface area (Å²) < 4.78 is 11.5. The Bertz CT molecular complexity index is 742. The van der Waals surface area contributed by atoms with Crippen LogP contribution in [0, 0.1) is 0 Å². The number of amides is 1. The van der Waals surface area contributed by atoms with Crippen LogP contribution < -0.4 is 16.7 Å². The molecule has 150 valence electrons. The number of nitrogens with zero attached hydrogens (tertiary/aromatic N) is 3. The largest absolute Gasteiger partial charge is 0.468 e. The van der Waals surface area contributed by atoms with E-state index in [2.05, 4.69) is 10.3 Å². The summed E-state index contributed by atoms with van der Waals surface area (Å²) in [6.07, 6.45) is 1.61. The van der Waals surface area contributed by atoms with Gasteiger partial charge in [0.2, 0.25) is 0 Å².